The third-order valence-corrected chi connectivity index (χ3v) is 7.18. The summed E-state index contributed by atoms with van der Waals surface area (Å²) in [5.41, 5.74) is 8.09. The smallest absolute Gasteiger partial charge is 0.324 e. The quantitative estimate of drug-likeness (QED) is 0.235. The van der Waals surface area contributed by atoms with Crippen LogP contribution in [0, 0.1) is 0 Å². The van der Waals surface area contributed by atoms with E-state index in [4.69, 9.17) is 38.9 Å². The molecule has 0 radical (unpaired) electrons. The minimum atomic E-state index is -1.17. The van der Waals surface area contributed by atoms with Gasteiger partial charge in [0.2, 0.25) is 0 Å². The minimum absolute atomic E-state index is 0.199. The van der Waals surface area contributed by atoms with Crippen LogP contribution in [0.25, 0.3) is 0 Å². The molecular weight excluding hydrogens is 590 g/mol. The van der Waals surface area contributed by atoms with Crippen LogP contribution < -0.4 is 5.73 Å². The fraction of sp³-hybridized carbons (Fsp3) is 0.444. The number of nitrogens with two attached hydrogens (primary N) is 1. The zero-order valence-electron chi connectivity index (χ0n) is 26.9. The zero-order chi connectivity index (χ0) is 32.9. The molecule has 6 atom stereocenters. The van der Waals surface area contributed by atoms with Gasteiger partial charge in [0.05, 0.1) is 26.2 Å². The van der Waals surface area contributed by atoms with Crippen molar-refractivity contribution in [3.63, 3.8) is 0 Å². The second-order valence-electron chi connectivity index (χ2n) is 12.1. The number of benzene rings is 3. The maximum absolute atomic E-state index is 12.8. The van der Waals surface area contributed by atoms with Crippen LogP contribution in [0.1, 0.15) is 43.9 Å². The molecule has 0 saturated carbocycles. The first-order chi connectivity index (χ1) is 22.1. The fourth-order valence-corrected chi connectivity index (χ4v) is 4.94. The Morgan fingerprint density at radius 3 is 1.65 bits per heavy atom. The monoisotopic (exact) mass is 635 g/mol. The number of esters is 2. The summed E-state index contributed by atoms with van der Waals surface area (Å²) in [4.78, 5) is 25.2. The van der Waals surface area contributed by atoms with Crippen molar-refractivity contribution in [2.24, 2.45) is 5.73 Å². The van der Waals surface area contributed by atoms with Gasteiger partial charge < -0.3 is 38.9 Å². The molecule has 46 heavy (non-hydrogen) atoms. The van der Waals surface area contributed by atoms with E-state index in [0.29, 0.717) is 0 Å². The molecule has 0 spiro atoms. The van der Waals surface area contributed by atoms with Gasteiger partial charge in [0, 0.05) is 7.11 Å². The zero-order valence-corrected chi connectivity index (χ0v) is 26.9. The molecule has 0 bridgehead atoms. The molecule has 1 saturated heterocycles. The van der Waals surface area contributed by atoms with E-state index in [-0.39, 0.29) is 32.8 Å². The lowest BCUT2D eigenvalue weighted by molar-refractivity contribution is -0.322. The molecule has 3 aromatic rings. The average Bonchev–Trinajstić information content (AvgIpc) is 3.05. The third kappa shape index (κ3) is 11.0. The molecule has 0 unspecified atom stereocenters. The first-order valence-corrected chi connectivity index (χ1v) is 15.4. The van der Waals surface area contributed by atoms with E-state index in [1.165, 1.54) is 7.11 Å². The summed E-state index contributed by atoms with van der Waals surface area (Å²) in [6.07, 6.45) is -4.13. The maximum Gasteiger partial charge on any atom is 0.324 e. The highest BCUT2D eigenvalue weighted by atomic mass is 16.7. The molecule has 1 aliphatic heterocycles. The third-order valence-electron chi connectivity index (χ3n) is 7.18. The van der Waals surface area contributed by atoms with Crippen molar-refractivity contribution in [1.29, 1.82) is 0 Å². The van der Waals surface area contributed by atoms with Gasteiger partial charge in [-0.2, -0.15) is 0 Å². The minimum Gasteiger partial charge on any atom is -0.463 e. The second-order valence-corrected chi connectivity index (χ2v) is 12.1. The molecule has 0 amide bonds. The van der Waals surface area contributed by atoms with Crippen LogP contribution in [0.15, 0.2) is 91.0 Å². The van der Waals surface area contributed by atoms with Gasteiger partial charge >= 0.3 is 11.9 Å². The number of ether oxygens (including phenoxy) is 7. The fourth-order valence-electron chi connectivity index (χ4n) is 4.94. The molecule has 10 heteroatoms. The van der Waals surface area contributed by atoms with Crippen molar-refractivity contribution in [2.45, 2.75) is 89.4 Å². The Balaban J connectivity index is 1.55. The van der Waals surface area contributed by atoms with E-state index < -0.39 is 54.3 Å². The normalized spacial score (nSPS) is 22.2. The Hall–Kier alpha value is -3.64. The van der Waals surface area contributed by atoms with Crippen LogP contribution >= 0.6 is 0 Å². The summed E-state index contributed by atoms with van der Waals surface area (Å²) >= 11 is 0. The predicted molar refractivity (Wildman–Crippen MR) is 170 cm³/mol. The van der Waals surface area contributed by atoms with Crippen molar-refractivity contribution in [3.8, 4) is 0 Å². The summed E-state index contributed by atoms with van der Waals surface area (Å²) in [5, 5.41) is 0. The summed E-state index contributed by atoms with van der Waals surface area (Å²) in [6, 6.07) is 28.1. The number of carbonyl (C=O) groups excluding carboxylic acids is 2. The number of hydrogen-bond donors (Lipinski definition) is 1. The van der Waals surface area contributed by atoms with Crippen molar-refractivity contribution < 1.29 is 42.7 Å². The molecule has 1 aliphatic rings. The summed E-state index contributed by atoms with van der Waals surface area (Å²) < 4.78 is 42.4. The van der Waals surface area contributed by atoms with Gasteiger partial charge in [0.15, 0.2) is 6.29 Å². The Morgan fingerprint density at radius 1 is 0.739 bits per heavy atom. The van der Waals surface area contributed by atoms with Gasteiger partial charge in [-0.15, -0.1) is 0 Å². The summed E-state index contributed by atoms with van der Waals surface area (Å²) in [6.45, 7) is 5.79. The molecule has 0 aliphatic carbocycles. The molecule has 10 nitrogen and oxygen atoms in total. The van der Waals surface area contributed by atoms with E-state index in [1.54, 1.807) is 20.8 Å². The first-order valence-electron chi connectivity index (χ1n) is 15.4. The Kier molecular flexibility index (Phi) is 13.3. The van der Waals surface area contributed by atoms with Gasteiger partial charge in [-0.05, 0) is 37.5 Å². The van der Waals surface area contributed by atoms with Crippen molar-refractivity contribution in [2.75, 3.05) is 13.7 Å². The van der Waals surface area contributed by atoms with Crippen LogP contribution in [-0.4, -0.2) is 68.0 Å². The second kappa shape index (κ2) is 17.3. The van der Waals surface area contributed by atoms with Crippen molar-refractivity contribution >= 4 is 11.9 Å². The van der Waals surface area contributed by atoms with Crippen LogP contribution in [0.4, 0.5) is 0 Å². The maximum atomic E-state index is 12.8. The topological polar surface area (TPSA) is 125 Å². The van der Waals surface area contributed by atoms with Crippen molar-refractivity contribution in [1.82, 2.24) is 0 Å². The van der Waals surface area contributed by atoms with Crippen LogP contribution in [-0.2, 0) is 62.6 Å². The van der Waals surface area contributed by atoms with Crippen LogP contribution in [0.5, 0.6) is 0 Å². The van der Waals surface area contributed by atoms with Crippen LogP contribution in [0.3, 0.4) is 0 Å². The molecule has 4 rings (SSSR count). The predicted octanol–water partition coefficient (Wildman–Crippen LogP) is 4.72. The first kappa shape index (κ1) is 35.2. The Labute approximate surface area is 271 Å². The number of carbonyl (C=O) groups is 2. The molecule has 248 valence electrons. The SMILES string of the molecule is CO[C@H]1O[C@H](COC(=O)C[C@H](N)C(=O)OC(C)(C)C)[C@@H](OCc2ccccc2)[C@H](OCc2ccccc2)[C@@H]1OCc1ccccc1. The lowest BCUT2D eigenvalue weighted by Gasteiger charge is -2.45. The highest BCUT2D eigenvalue weighted by Crippen LogP contribution is 2.31. The van der Waals surface area contributed by atoms with E-state index in [1.807, 2.05) is 91.0 Å². The van der Waals surface area contributed by atoms with E-state index in [0.717, 1.165) is 16.7 Å². The van der Waals surface area contributed by atoms with Crippen LogP contribution in [0.2, 0.25) is 0 Å². The lowest BCUT2D eigenvalue weighted by Crippen LogP contribution is -2.61. The largest absolute Gasteiger partial charge is 0.463 e. The highest BCUT2D eigenvalue weighted by Gasteiger charge is 2.49. The number of methoxy groups -OCH3 is 1. The molecule has 1 heterocycles. The summed E-state index contributed by atoms with van der Waals surface area (Å²) in [5.74, 6) is -1.36. The Morgan fingerprint density at radius 2 is 1.20 bits per heavy atom. The van der Waals surface area contributed by atoms with E-state index in [9.17, 15) is 9.59 Å². The molecule has 2 N–H and O–H groups in total. The van der Waals surface area contributed by atoms with E-state index in [2.05, 4.69) is 0 Å². The van der Waals surface area contributed by atoms with E-state index >= 15 is 0 Å². The van der Waals surface area contributed by atoms with Gasteiger partial charge in [-0.25, -0.2) is 0 Å². The summed E-state index contributed by atoms with van der Waals surface area (Å²) in [7, 11) is 1.52. The standard InChI is InChI=1S/C36H45NO9/c1-36(2,3)46-34(39)28(37)20-30(38)41-24-29-31(42-21-25-14-8-5-9-15-25)32(43-22-26-16-10-6-11-17-26)33(35(40-4)45-29)44-23-27-18-12-7-13-19-27/h5-19,28-29,31-33,35H,20-24,37H2,1-4H3/t28-,29+,31+,32-,33-,35-/m0/s1. The number of hydrogen-bond acceptors (Lipinski definition) is 10. The van der Waals surface area contributed by atoms with Gasteiger partial charge in [-0.1, -0.05) is 91.0 Å². The average molecular weight is 636 g/mol. The van der Waals surface area contributed by atoms with Gasteiger partial charge in [-0.3, -0.25) is 9.59 Å². The van der Waals surface area contributed by atoms with Gasteiger partial charge in [0.1, 0.15) is 42.7 Å². The van der Waals surface area contributed by atoms with Crippen molar-refractivity contribution in [3.05, 3.63) is 108 Å². The molecule has 1 fully saturated rings. The molecule has 0 aromatic heterocycles. The van der Waals surface area contributed by atoms with Gasteiger partial charge in [0.25, 0.3) is 0 Å². The molecular formula is C36H45NO9. The molecule has 3 aromatic carbocycles. The number of rotatable bonds is 15. The Bertz CT molecular complexity index is 1330. The highest BCUT2D eigenvalue weighted by molar-refractivity contribution is 5.82. The lowest BCUT2D eigenvalue weighted by atomic mass is 9.97.